The molecule has 1 nitrogen and oxygen atoms in total. The van der Waals surface area contributed by atoms with Crippen molar-refractivity contribution in [2.75, 3.05) is 5.32 Å². The van der Waals surface area contributed by atoms with Gasteiger partial charge in [-0.25, -0.2) is 8.78 Å². The molecule has 0 heterocycles. The summed E-state index contributed by atoms with van der Waals surface area (Å²) in [6.45, 7) is 15.2. The maximum atomic E-state index is 15.4. The maximum absolute atomic E-state index is 15.4. The Kier molecular flexibility index (Phi) is 8.07. The highest BCUT2D eigenvalue weighted by molar-refractivity contribution is 5.67. The molecule has 0 fully saturated rings. The predicted molar refractivity (Wildman–Crippen MR) is 137 cm³/mol. The lowest BCUT2D eigenvalue weighted by molar-refractivity contribution is 0.614. The van der Waals surface area contributed by atoms with E-state index in [9.17, 15) is 4.39 Å². The minimum absolute atomic E-state index is 0.310. The van der Waals surface area contributed by atoms with Crippen LogP contribution in [0, 0.1) is 38.3 Å². The van der Waals surface area contributed by atoms with Crippen LogP contribution in [0.3, 0.4) is 0 Å². The van der Waals surface area contributed by atoms with Gasteiger partial charge >= 0.3 is 0 Å². The third-order valence-corrected chi connectivity index (χ3v) is 6.11. The molecule has 3 aromatic carbocycles. The van der Waals surface area contributed by atoms with Crippen LogP contribution in [0.5, 0.6) is 0 Å². The van der Waals surface area contributed by atoms with Crippen molar-refractivity contribution in [1.82, 2.24) is 0 Å². The molecule has 0 radical (unpaired) electrons. The number of allylic oxidation sites excluding steroid dienone is 1. The zero-order valence-electron chi connectivity index (χ0n) is 20.5. The van der Waals surface area contributed by atoms with E-state index >= 15 is 4.39 Å². The van der Waals surface area contributed by atoms with Crippen molar-refractivity contribution in [3.63, 3.8) is 0 Å². The molecule has 0 bridgehead atoms. The molecule has 3 heteroatoms. The quantitative estimate of drug-likeness (QED) is 0.323. The summed E-state index contributed by atoms with van der Waals surface area (Å²) in [4.78, 5) is 0. The minimum atomic E-state index is -0.368. The first-order valence-electron chi connectivity index (χ1n) is 11.7. The molecule has 1 N–H and O–H groups in total. The normalized spacial score (nSPS) is 11.2. The van der Waals surface area contributed by atoms with Crippen LogP contribution in [0.15, 0.2) is 60.7 Å². The van der Waals surface area contributed by atoms with E-state index in [1.54, 1.807) is 18.2 Å². The monoisotopic (exact) mass is 447 g/mol. The second kappa shape index (κ2) is 10.8. The van der Waals surface area contributed by atoms with Gasteiger partial charge in [0.2, 0.25) is 0 Å². The molecule has 3 aromatic rings. The van der Waals surface area contributed by atoms with Gasteiger partial charge in [-0.1, -0.05) is 56.3 Å². The topological polar surface area (TPSA) is 12.0 Å². The number of hydrogen-bond acceptors (Lipinski definition) is 1. The second-order valence-electron chi connectivity index (χ2n) is 9.54. The molecule has 0 unspecified atom stereocenters. The highest BCUT2D eigenvalue weighted by Gasteiger charge is 2.14. The van der Waals surface area contributed by atoms with Crippen molar-refractivity contribution in [2.24, 2.45) is 5.92 Å². The number of benzene rings is 3. The summed E-state index contributed by atoms with van der Waals surface area (Å²) in [5.74, 6) is -0.0577. The number of halogens is 2. The molecule has 174 valence electrons. The number of nitrogens with one attached hydrogen (secondary N) is 1. The van der Waals surface area contributed by atoms with Crippen molar-refractivity contribution in [3.05, 3.63) is 100 Å². The van der Waals surface area contributed by atoms with Crippen molar-refractivity contribution in [3.8, 4) is 11.1 Å². The van der Waals surface area contributed by atoms with Gasteiger partial charge in [-0.15, -0.1) is 0 Å². The SMILES string of the molecule is C=C(CCc1ccc(C)c(NCc2cc(C)cc(-c3cccc(F)c3)c2F)c1C)CC(C)C. The number of anilines is 1. The first-order valence-corrected chi connectivity index (χ1v) is 11.7. The van der Waals surface area contributed by atoms with E-state index in [0.29, 0.717) is 29.2 Å². The standard InChI is InChI=1S/C30H35F2N/c1-19(2)14-20(3)10-12-24-13-11-22(5)30(23(24)6)33-18-26-15-21(4)16-28(29(26)32)25-8-7-9-27(31)17-25/h7-9,11,13,15-17,19,33H,3,10,12,14,18H2,1-2,4-6H3. The van der Waals surface area contributed by atoms with Crippen molar-refractivity contribution >= 4 is 5.69 Å². The van der Waals surface area contributed by atoms with E-state index < -0.39 is 0 Å². The molecule has 33 heavy (non-hydrogen) atoms. The lowest BCUT2D eigenvalue weighted by atomic mass is 9.94. The van der Waals surface area contributed by atoms with Crippen LogP contribution in [-0.4, -0.2) is 0 Å². The highest BCUT2D eigenvalue weighted by atomic mass is 19.1. The summed E-state index contributed by atoms with van der Waals surface area (Å²) in [7, 11) is 0. The van der Waals surface area contributed by atoms with Crippen LogP contribution < -0.4 is 5.32 Å². The zero-order valence-corrected chi connectivity index (χ0v) is 20.5. The molecule has 0 amide bonds. The van der Waals surface area contributed by atoms with Crippen LogP contribution in [0.4, 0.5) is 14.5 Å². The highest BCUT2D eigenvalue weighted by Crippen LogP contribution is 2.30. The fourth-order valence-corrected chi connectivity index (χ4v) is 4.45. The summed E-state index contributed by atoms with van der Waals surface area (Å²) >= 11 is 0. The smallest absolute Gasteiger partial charge is 0.136 e. The van der Waals surface area contributed by atoms with E-state index in [1.807, 2.05) is 13.0 Å². The molecular formula is C30H35F2N. The molecule has 0 spiro atoms. The molecule has 0 saturated carbocycles. The van der Waals surface area contributed by atoms with Gasteiger partial charge in [-0.3, -0.25) is 0 Å². The van der Waals surface area contributed by atoms with Gasteiger partial charge in [0.05, 0.1) is 0 Å². The molecule has 0 aliphatic heterocycles. The van der Waals surface area contributed by atoms with Crippen molar-refractivity contribution in [2.45, 2.75) is 60.4 Å². The first kappa shape index (κ1) is 24.7. The number of rotatable bonds is 9. The molecule has 0 aromatic heterocycles. The Bertz CT molecular complexity index is 1140. The summed E-state index contributed by atoms with van der Waals surface area (Å²) in [5, 5.41) is 3.48. The lowest BCUT2D eigenvalue weighted by Crippen LogP contribution is -2.07. The van der Waals surface area contributed by atoms with Gasteiger partial charge in [0.25, 0.3) is 0 Å². The first-order chi connectivity index (χ1) is 15.7. The van der Waals surface area contributed by atoms with Crippen LogP contribution >= 0.6 is 0 Å². The predicted octanol–water partition coefficient (Wildman–Crippen LogP) is 8.70. The Balaban J connectivity index is 1.82. The molecule has 3 rings (SSSR count). The summed E-state index contributed by atoms with van der Waals surface area (Å²) in [5.41, 5.74) is 8.45. The molecular weight excluding hydrogens is 412 g/mol. The summed E-state index contributed by atoms with van der Waals surface area (Å²) < 4.78 is 29.1. The average Bonchev–Trinajstić information content (AvgIpc) is 2.74. The lowest BCUT2D eigenvalue weighted by Gasteiger charge is -2.18. The molecule has 0 saturated heterocycles. The van der Waals surface area contributed by atoms with E-state index in [1.165, 1.54) is 28.8 Å². The average molecular weight is 448 g/mol. The van der Waals surface area contributed by atoms with Gasteiger partial charge in [0, 0.05) is 23.4 Å². The van der Waals surface area contributed by atoms with Crippen molar-refractivity contribution in [1.29, 1.82) is 0 Å². The van der Waals surface area contributed by atoms with E-state index in [2.05, 4.69) is 51.7 Å². The van der Waals surface area contributed by atoms with E-state index in [-0.39, 0.29) is 11.6 Å². The Labute approximate surface area is 197 Å². The van der Waals surface area contributed by atoms with Gasteiger partial charge in [0.15, 0.2) is 0 Å². The van der Waals surface area contributed by atoms with Gasteiger partial charge in [-0.2, -0.15) is 0 Å². The Morgan fingerprint density at radius 2 is 1.73 bits per heavy atom. The molecule has 0 atom stereocenters. The Morgan fingerprint density at radius 3 is 2.42 bits per heavy atom. The van der Waals surface area contributed by atoms with Crippen LogP contribution in [-0.2, 0) is 13.0 Å². The number of aryl methyl sites for hydroxylation is 3. The largest absolute Gasteiger partial charge is 0.380 e. The third kappa shape index (κ3) is 6.31. The van der Waals surface area contributed by atoms with Crippen LogP contribution in [0.25, 0.3) is 11.1 Å². The van der Waals surface area contributed by atoms with Crippen LogP contribution in [0.2, 0.25) is 0 Å². The molecule has 0 aliphatic carbocycles. The van der Waals surface area contributed by atoms with E-state index in [0.717, 1.165) is 36.1 Å². The van der Waals surface area contributed by atoms with Gasteiger partial charge in [0.1, 0.15) is 11.6 Å². The Morgan fingerprint density at radius 1 is 0.970 bits per heavy atom. The summed E-state index contributed by atoms with van der Waals surface area (Å²) in [6.07, 6.45) is 2.98. The van der Waals surface area contributed by atoms with Gasteiger partial charge < -0.3 is 5.32 Å². The summed E-state index contributed by atoms with van der Waals surface area (Å²) in [6, 6.07) is 14.0. The minimum Gasteiger partial charge on any atom is -0.380 e. The fourth-order valence-electron chi connectivity index (χ4n) is 4.45. The fraction of sp³-hybridized carbons (Fsp3) is 0.333. The third-order valence-electron chi connectivity index (χ3n) is 6.11. The van der Waals surface area contributed by atoms with E-state index in [4.69, 9.17) is 0 Å². The Hall–Kier alpha value is -2.94. The number of hydrogen-bond donors (Lipinski definition) is 1. The second-order valence-corrected chi connectivity index (χ2v) is 9.54. The maximum Gasteiger partial charge on any atom is 0.136 e. The van der Waals surface area contributed by atoms with Crippen LogP contribution in [0.1, 0.15) is 54.5 Å². The zero-order chi connectivity index (χ0) is 24.1. The molecule has 0 aliphatic rings. The van der Waals surface area contributed by atoms with Gasteiger partial charge in [-0.05, 0) is 92.0 Å². The van der Waals surface area contributed by atoms with Crippen molar-refractivity contribution < 1.29 is 8.78 Å².